The molecule has 3 unspecified atom stereocenters. The summed E-state index contributed by atoms with van der Waals surface area (Å²) in [6, 6.07) is 2.81. The van der Waals surface area contributed by atoms with Crippen LogP contribution >= 0.6 is 11.6 Å². The van der Waals surface area contributed by atoms with Gasteiger partial charge in [-0.15, -0.1) is 0 Å². The van der Waals surface area contributed by atoms with E-state index in [1.165, 1.54) is 12.1 Å². The Morgan fingerprint density at radius 2 is 2.21 bits per heavy atom. The quantitative estimate of drug-likeness (QED) is 0.509. The maximum Gasteiger partial charge on any atom is 0.311 e. The predicted octanol–water partition coefficient (Wildman–Crippen LogP) is 1.85. The zero-order chi connectivity index (χ0) is 13.6. The van der Waals surface area contributed by atoms with Gasteiger partial charge in [0.1, 0.15) is 5.15 Å². The molecule has 6 nitrogen and oxygen atoms in total. The van der Waals surface area contributed by atoms with Crippen molar-refractivity contribution in [1.29, 1.82) is 0 Å². The number of halogens is 1. The summed E-state index contributed by atoms with van der Waals surface area (Å²) in [5.41, 5.74) is -0.0288. The van der Waals surface area contributed by atoms with Crippen LogP contribution in [0, 0.1) is 22.0 Å². The third-order valence-electron chi connectivity index (χ3n) is 4.14. The summed E-state index contributed by atoms with van der Waals surface area (Å²) in [5.74, 6) is 0.912. The molecule has 0 spiro atoms. The van der Waals surface area contributed by atoms with E-state index in [-0.39, 0.29) is 22.9 Å². The van der Waals surface area contributed by atoms with E-state index in [9.17, 15) is 15.2 Å². The van der Waals surface area contributed by atoms with Crippen LogP contribution in [-0.4, -0.2) is 34.2 Å². The Labute approximate surface area is 115 Å². The first-order valence-electron chi connectivity index (χ1n) is 6.30. The second-order valence-electron chi connectivity index (χ2n) is 5.21. The number of fused-ring (bicyclic) bond motifs is 1. The summed E-state index contributed by atoms with van der Waals surface area (Å²) in [6.45, 7) is 1.32. The normalized spacial score (nSPS) is 29.6. The van der Waals surface area contributed by atoms with Crippen LogP contribution in [0.25, 0.3) is 0 Å². The minimum atomic E-state index is -0.441. The molecule has 19 heavy (non-hydrogen) atoms. The molecule has 1 saturated heterocycles. The minimum absolute atomic E-state index is 0.0288. The van der Waals surface area contributed by atoms with Gasteiger partial charge in [0.15, 0.2) is 0 Å². The van der Waals surface area contributed by atoms with Crippen molar-refractivity contribution in [3.05, 3.63) is 27.4 Å². The van der Waals surface area contributed by atoms with E-state index in [2.05, 4.69) is 4.98 Å². The molecular weight excluding hydrogens is 270 g/mol. The lowest BCUT2D eigenvalue weighted by atomic mass is 10.00. The van der Waals surface area contributed by atoms with Gasteiger partial charge >= 0.3 is 5.69 Å². The number of rotatable bonds is 2. The molecule has 1 aliphatic heterocycles. The maximum atomic E-state index is 11.0. The van der Waals surface area contributed by atoms with Crippen LogP contribution in [0.15, 0.2) is 12.1 Å². The minimum Gasteiger partial charge on any atom is -0.393 e. The average Bonchev–Trinajstić information content (AvgIpc) is 2.91. The molecule has 3 atom stereocenters. The van der Waals surface area contributed by atoms with Gasteiger partial charge in [-0.1, -0.05) is 11.6 Å². The van der Waals surface area contributed by atoms with Gasteiger partial charge in [0.05, 0.1) is 11.0 Å². The zero-order valence-electron chi connectivity index (χ0n) is 10.2. The first-order valence-corrected chi connectivity index (χ1v) is 6.68. The van der Waals surface area contributed by atoms with Crippen molar-refractivity contribution in [2.45, 2.75) is 18.9 Å². The Kier molecular flexibility index (Phi) is 3.06. The SMILES string of the molecule is O=[N+]([O-])c1ccc(Cl)nc1N1CC2CCC(O)C2C1. The number of hydrogen-bond donors (Lipinski definition) is 1. The Hall–Kier alpha value is -1.40. The van der Waals surface area contributed by atoms with Gasteiger partial charge in [-0.2, -0.15) is 0 Å². The number of aliphatic hydroxyl groups is 1. The van der Waals surface area contributed by atoms with Gasteiger partial charge in [0.25, 0.3) is 0 Å². The highest BCUT2D eigenvalue weighted by Crippen LogP contribution is 2.41. The van der Waals surface area contributed by atoms with Gasteiger partial charge in [-0.05, 0) is 24.8 Å². The van der Waals surface area contributed by atoms with Gasteiger partial charge in [-0.3, -0.25) is 10.1 Å². The molecule has 1 saturated carbocycles. The second kappa shape index (κ2) is 4.61. The molecule has 3 rings (SSSR count). The highest BCUT2D eigenvalue weighted by atomic mass is 35.5. The molecular formula is C12H14ClN3O3. The lowest BCUT2D eigenvalue weighted by molar-refractivity contribution is -0.384. The van der Waals surface area contributed by atoms with Crippen molar-refractivity contribution in [2.24, 2.45) is 11.8 Å². The molecule has 0 amide bonds. The molecule has 102 valence electrons. The third kappa shape index (κ3) is 2.15. The molecule has 1 aliphatic carbocycles. The van der Waals surface area contributed by atoms with E-state index in [1.807, 2.05) is 4.90 Å². The van der Waals surface area contributed by atoms with Gasteiger partial charge in [0.2, 0.25) is 5.82 Å². The molecule has 0 bridgehead atoms. The topological polar surface area (TPSA) is 79.5 Å². The smallest absolute Gasteiger partial charge is 0.311 e. The summed E-state index contributed by atoms with van der Waals surface area (Å²) in [5, 5.41) is 21.2. The van der Waals surface area contributed by atoms with Crippen molar-refractivity contribution in [1.82, 2.24) is 4.98 Å². The predicted molar refractivity (Wildman–Crippen MR) is 70.3 cm³/mol. The van der Waals surface area contributed by atoms with E-state index < -0.39 is 4.92 Å². The molecule has 0 aromatic carbocycles. The molecule has 2 heterocycles. The highest BCUT2D eigenvalue weighted by molar-refractivity contribution is 6.29. The van der Waals surface area contributed by atoms with Crippen LogP contribution < -0.4 is 4.90 Å². The number of hydrogen-bond acceptors (Lipinski definition) is 5. The van der Waals surface area contributed by atoms with Crippen LogP contribution in [0.2, 0.25) is 5.15 Å². The van der Waals surface area contributed by atoms with E-state index in [0.717, 1.165) is 12.8 Å². The third-order valence-corrected chi connectivity index (χ3v) is 4.35. The van der Waals surface area contributed by atoms with Crippen molar-refractivity contribution in [3.63, 3.8) is 0 Å². The van der Waals surface area contributed by atoms with Crippen molar-refractivity contribution in [2.75, 3.05) is 18.0 Å². The van der Waals surface area contributed by atoms with Crippen LogP contribution in [0.5, 0.6) is 0 Å². The fourth-order valence-corrected chi connectivity index (χ4v) is 3.35. The van der Waals surface area contributed by atoms with Crippen LogP contribution in [0.1, 0.15) is 12.8 Å². The number of aliphatic hydroxyl groups excluding tert-OH is 1. The van der Waals surface area contributed by atoms with Crippen molar-refractivity contribution >= 4 is 23.1 Å². The number of aromatic nitrogens is 1. The molecule has 1 N–H and O–H groups in total. The fraction of sp³-hybridized carbons (Fsp3) is 0.583. The van der Waals surface area contributed by atoms with Crippen LogP contribution in [0.4, 0.5) is 11.5 Å². The van der Waals surface area contributed by atoms with Gasteiger partial charge in [0, 0.05) is 25.1 Å². The maximum absolute atomic E-state index is 11.0. The molecule has 1 aromatic rings. The lowest BCUT2D eigenvalue weighted by Crippen LogP contribution is -2.25. The van der Waals surface area contributed by atoms with Gasteiger partial charge < -0.3 is 10.0 Å². The van der Waals surface area contributed by atoms with Crippen molar-refractivity contribution < 1.29 is 10.0 Å². The van der Waals surface area contributed by atoms with E-state index in [4.69, 9.17) is 11.6 Å². The highest BCUT2D eigenvalue weighted by Gasteiger charge is 2.43. The van der Waals surface area contributed by atoms with E-state index in [0.29, 0.717) is 24.8 Å². The molecule has 2 fully saturated rings. The Morgan fingerprint density at radius 1 is 1.42 bits per heavy atom. The van der Waals surface area contributed by atoms with E-state index >= 15 is 0 Å². The van der Waals surface area contributed by atoms with Crippen LogP contribution in [-0.2, 0) is 0 Å². The second-order valence-corrected chi connectivity index (χ2v) is 5.59. The molecule has 2 aliphatic rings. The Bertz CT molecular complexity index is 525. The Balaban J connectivity index is 1.91. The number of nitro groups is 1. The van der Waals surface area contributed by atoms with E-state index in [1.54, 1.807) is 0 Å². The first kappa shape index (κ1) is 12.6. The zero-order valence-corrected chi connectivity index (χ0v) is 11.0. The first-order chi connectivity index (χ1) is 9.06. The van der Waals surface area contributed by atoms with Gasteiger partial charge in [-0.25, -0.2) is 4.98 Å². The lowest BCUT2D eigenvalue weighted by Gasteiger charge is -2.19. The summed E-state index contributed by atoms with van der Waals surface area (Å²) in [6.07, 6.45) is 1.50. The van der Waals surface area contributed by atoms with Crippen molar-refractivity contribution in [3.8, 4) is 0 Å². The summed E-state index contributed by atoms with van der Waals surface area (Å²) in [4.78, 5) is 16.6. The monoisotopic (exact) mass is 283 g/mol. The molecule has 1 aromatic heterocycles. The summed E-state index contributed by atoms with van der Waals surface area (Å²) >= 11 is 5.84. The molecule has 7 heteroatoms. The molecule has 0 radical (unpaired) electrons. The number of anilines is 1. The average molecular weight is 284 g/mol. The standard InChI is InChI=1S/C12H14ClN3O3/c13-11-4-2-9(16(18)19)12(14-11)15-5-7-1-3-10(17)8(7)6-15/h2,4,7-8,10,17H,1,3,5-6H2. The Morgan fingerprint density at radius 3 is 2.89 bits per heavy atom. The van der Waals surface area contributed by atoms with Crippen LogP contribution in [0.3, 0.4) is 0 Å². The number of pyridine rings is 1. The summed E-state index contributed by atoms with van der Waals surface area (Å²) in [7, 11) is 0. The number of nitrogens with zero attached hydrogens (tertiary/aromatic N) is 3. The fourth-order valence-electron chi connectivity index (χ4n) is 3.20. The largest absolute Gasteiger partial charge is 0.393 e. The summed E-state index contributed by atoms with van der Waals surface area (Å²) < 4.78 is 0.